The van der Waals surface area contributed by atoms with Crippen LogP contribution in [-0.2, 0) is 4.74 Å². The van der Waals surface area contributed by atoms with Crippen molar-refractivity contribution < 1.29 is 14.1 Å². The minimum absolute atomic E-state index is 0.117. The van der Waals surface area contributed by atoms with Crippen molar-refractivity contribution in [2.45, 2.75) is 32.3 Å². The van der Waals surface area contributed by atoms with Gasteiger partial charge in [0.15, 0.2) is 5.16 Å². The van der Waals surface area contributed by atoms with Crippen LogP contribution in [0.1, 0.15) is 23.4 Å². The number of carbonyl (C=O) groups is 1. The fraction of sp³-hybridized carbons (Fsp3) is 0.556. The van der Waals surface area contributed by atoms with Gasteiger partial charge in [-0.2, -0.15) is 0 Å². The molecule has 27 heavy (non-hydrogen) atoms. The SMILES string of the molecule is COC(=O)N1CCC2(C1)CN(c1nc(S)nc(-c3c(C)noc3C)c1C)C2. The molecule has 144 valence electrons. The summed E-state index contributed by atoms with van der Waals surface area (Å²) in [5.41, 5.74) is 3.62. The minimum atomic E-state index is -0.248. The number of anilines is 1. The van der Waals surface area contributed by atoms with Gasteiger partial charge in [-0.15, -0.1) is 12.6 Å². The van der Waals surface area contributed by atoms with Gasteiger partial charge in [-0.1, -0.05) is 5.16 Å². The number of amides is 1. The molecular weight excluding hydrogens is 366 g/mol. The molecule has 0 saturated carbocycles. The quantitative estimate of drug-likeness (QED) is 0.624. The van der Waals surface area contributed by atoms with E-state index in [1.807, 2.05) is 20.8 Å². The Kier molecular flexibility index (Phi) is 4.29. The number of likely N-dealkylation sites (tertiary alicyclic amines) is 1. The number of nitrogens with zero attached hydrogens (tertiary/aromatic N) is 5. The zero-order valence-electron chi connectivity index (χ0n) is 15.9. The molecule has 0 unspecified atom stereocenters. The monoisotopic (exact) mass is 389 g/mol. The van der Waals surface area contributed by atoms with Crippen molar-refractivity contribution in [2.24, 2.45) is 5.41 Å². The molecule has 2 saturated heterocycles. The number of hydrogen-bond acceptors (Lipinski definition) is 8. The lowest BCUT2D eigenvalue weighted by Gasteiger charge is -2.49. The Morgan fingerprint density at radius 3 is 2.59 bits per heavy atom. The molecule has 0 atom stereocenters. The van der Waals surface area contributed by atoms with Gasteiger partial charge in [0.1, 0.15) is 11.6 Å². The Balaban J connectivity index is 1.59. The molecule has 2 aliphatic rings. The highest BCUT2D eigenvalue weighted by Gasteiger charge is 2.49. The number of aromatic nitrogens is 3. The van der Waals surface area contributed by atoms with E-state index in [4.69, 9.17) is 9.26 Å². The number of ether oxygens (including phenoxy) is 1. The summed E-state index contributed by atoms with van der Waals surface area (Å²) in [5.74, 6) is 1.62. The molecule has 0 radical (unpaired) electrons. The molecule has 0 aromatic carbocycles. The lowest BCUT2D eigenvalue weighted by molar-refractivity contribution is 0.123. The second-order valence-corrected chi connectivity index (χ2v) is 7.92. The van der Waals surface area contributed by atoms with Crippen LogP contribution in [0, 0.1) is 26.2 Å². The molecule has 4 heterocycles. The summed E-state index contributed by atoms with van der Waals surface area (Å²) in [6, 6.07) is 0. The van der Waals surface area contributed by atoms with Crippen LogP contribution in [-0.4, -0.2) is 59.4 Å². The molecule has 1 amide bonds. The Labute approximate surface area is 163 Å². The second kappa shape index (κ2) is 6.40. The van der Waals surface area contributed by atoms with Gasteiger partial charge in [0, 0.05) is 37.2 Å². The Morgan fingerprint density at radius 2 is 1.96 bits per heavy atom. The molecule has 8 nitrogen and oxygen atoms in total. The lowest BCUT2D eigenvalue weighted by Crippen LogP contribution is -2.58. The van der Waals surface area contributed by atoms with E-state index in [-0.39, 0.29) is 11.5 Å². The highest BCUT2D eigenvalue weighted by molar-refractivity contribution is 7.80. The highest BCUT2D eigenvalue weighted by atomic mass is 32.1. The van der Waals surface area contributed by atoms with E-state index < -0.39 is 0 Å². The van der Waals surface area contributed by atoms with Gasteiger partial charge in [0.25, 0.3) is 0 Å². The van der Waals surface area contributed by atoms with Crippen molar-refractivity contribution in [3.8, 4) is 11.3 Å². The fourth-order valence-corrected chi connectivity index (χ4v) is 4.45. The van der Waals surface area contributed by atoms with E-state index in [0.29, 0.717) is 5.16 Å². The molecule has 2 aromatic heterocycles. The van der Waals surface area contributed by atoms with Crippen molar-refractivity contribution in [1.29, 1.82) is 0 Å². The first-order valence-corrected chi connectivity index (χ1v) is 9.37. The highest BCUT2D eigenvalue weighted by Crippen LogP contribution is 2.43. The predicted molar refractivity (Wildman–Crippen MR) is 102 cm³/mol. The second-order valence-electron chi connectivity index (χ2n) is 7.52. The van der Waals surface area contributed by atoms with Gasteiger partial charge in [0.2, 0.25) is 0 Å². The third-order valence-corrected chi connectivity index (χ3v) is 5.80. The molecule has 2 fully saturated rings. The van der Waals surface area contributed by atoms with E-state index in [2.05, 4.69) is 32.7 Å². The Morgan fingerprint density at radius 1 is 1.22 bits per heavy atom. The smallest absolute Gasteiger partial charge is 0.409 e. The first-order chi connectivity index (χ1) is 12.8. The molecule has 2 aliphatic heterocycles. The van der Waals surface area contributed by atoms with Crippen LogP contribution in [0.15, 0.2) is 9.68 Å². The maximum atomic E-state index is 11.8. The van der Waals surface area contributed by atoms with Crippen molar-refractivity contribution >= 4 is 24.5 Å². The van der Waals surface area contributed by atoms with Crippen LogP contribution < -0.4 is 4.90 Å². The first-order valence-electron chi connectivity index (χ1n) is 8.92. The van der Waals surface area contributed by atoms with E-state index in [1.54, 1.807) is 4.90 Å². The average Bonchev–Trinajstić information content (AvgIpc) is 3.19. The van der Waals surface area contributed by atoms with Crippen LogP contribution in [0.5, 0.6) is 0 Å². The number of rotatable bonds is 2. The van der Waals surface area contributed by atoms with Crippen molar-refractivity contribution in [3.05, 3.63) is 17.0 Å². The van der Waals surface area contributed by atoms with Crippen LogP contribution in [0.4, 0.5) is 10.6 Å². The topological polar surface area (TPSA) is 84.6 Å². The van der Waals surface area contributed by atoms with Gasteiger partial charge in [-0.25, -0.2) is 14.8 Å². The Hall–Kier alpha value is -2.29. The summed E-state index contributed by atoms with van der Waals surface area (Å²) in [7, 11) is 1.43. The van der Waals surface area contributed by atoms with Crippen LogP contribution >= 0.6 is 12.6 Å². The van der Waals surface area contributed by atoms with Crippen molar-refractivity contribution in [3.63, 3.8) is 0 Å². The zero-order valence-corrected chi connectivity index (χ0v) is 16.8. The fourth-order valence-electron chi connectivity index (χ4n) is 4.26. The summed E-state index contributed by atoms with van der Waals surface area (Å²) in [6.07, 6.45) is 0.731. The van der Waals surface area contributed by atoms with Crippen molar-refractivity contribution in [2.75, 3.05) is 38.2 Å². The van der Waals surface area contributed by atoms with Crippen molar-refractivity contribution in [1.82, 2.24) is 20.0 Å². The normalized spacial score (nSPS) is 18.1. The van der Waals surface area contributed by atoms with E-state index in [0.717, 1.165) is 66.7 Å². The molecule has 1 spiro atoms. The zero-order chi connectivity index (χ0) is 19.3. The summed E-state index contributed by atoms with van der Waals surface area (Å²) in [4.78, 5) is 24.9. The van der Waals surface area contributed by atoms with Gasteiger partial charge in [0.05, 0.1) is 24.1 Å². The van der Waals surface area contributed by atoms with Gasteiger partial charge < -0.3 is 19.1 Å². The molecule has 0 bridgehead atoms. The number of thiol groups is 1. The average molecular weight is 389 g/mol. The first kappa shape index (κ1) is 18.1. The summed E-state index contributed by atoms with van der Waals surface area (Å²) in [5, 5.41) is 4.46. The van der Waals surface area contributed by atoms with E-state index in [1.165, 1.54) is 7.11 Å². The third kappa shape index (κ3) is 2.93. The predicted octanol–water partition coefficient (Wildman–Crippen LogP) is 2.62. The minimum Gasteiger partial charge on any atom is -0.453 e. The maximum Gasteiger partial charge on any atom is 0.409 e. The summed E-state index contributed by atoms with van der Waals surface area (Å²) < 4.78 is 10.2. The molecular formula is C18H23N5O3S. The number of aryl methyl sites for hydroxylation is 2. The lowest BCUT2D eigenvalue weighted by atomic mass is 9.79. The van der Waals surface area contributed by atoms with E-state index in [9.17, 15) is 4.79 Å². The molecule has 4 rings (SSSR count). The van der Waals surface area contributed by atoms with Gasteiger partial charge in [-0.3, -0.25) is 0 Å². The molecule has 0 N–H and O–H groups in total. The largest absolute Gasteiger partial charge is 0.453 e. The van der Waals surface area contributed by atoms with Crippen LogP contribution in [0.25, 0.3) is 11.3 Å². The van der Waals surface area contributed by atoms with Gasteiger partial charge in [-0.05, 0) is 27.2 Å². The maximum absolute atomic E-state index is 11.8. The standard InChI is InChI=1S/C18H23N5O3S/c1-10-14(13-11(2)21-26-12(13)3)19-16(27)20-15(10)23-8-18(9-23)5-6-22(7-18)17(24)25-4/h5-9H2,1-4H3,(H,19,20,27). The van der Waals surface area contributed by atoms with Gasteiger partial charge >= 0.3 is 6.09 Å². The van der Waals surface area contributed by atoms with Crippen LogP contribution in [0.3, 0.4) is 0 Å². The summed E-state index contributed by atoms with van der Waals surface area (Å²) in [6.45, 7) is 8.98. The molecule has 2 aromatic rings. The number of carbonyl (C=O) groups excluding carboxylic acids is 1. The molecule has 9 heteroatoms. The Bertz CT molecular complexity index is 887. The van der Waals surface area contributed by atoms with Crippen LogP contribution in [0.2, 0.25) is 0 Å². The molecule has 0 aliphatic carbocycles. The third-order valence-electron chi connectivity index (χ3n) is 5.60. The van der Waals surface area contributed by atoms with E-state index >= 15 is 0 Å². The summed E-state index contributed by atoms with van der Waals surface area (Å²) >= 11 is 4.41. The number of hydrogen-bond donors (Lipinski definition) is 1. The number of methoxy groups -OCH3 is 1.